The number of fused-ring (bicyclic) bond motifs is 1. The smallest absolute Gasteiger partial charge is 0.0357 e. The standard InChI is InChI=1S/C19H27N/c1-5-15(6-2)19(20-7-3)18-14(4)12-13-16-10-8-9-11-17(16)18/h8-13,15,19-20H,5-7H2,1-4H3. The SMILES string of the molecule is CCNC(c1c(C)ccc2ccccc12)C(CC)CC. The van der Waals surface area contributed by atoms with Crippen LogP contribution >= 0.6 is 0 Å². The maximum Gasteiger partial charge on any atom is 0.0357 e. The fourth-order valence-corrected chi connectivity index (χ4v) is 3.30. The lowest BCUT2D eigenvalue weighted by Crippen LogP contribution is -2.28. The Labute approximate surface area is 123 Å². The molecule has 108 valence electrons. The van der Waals surface area contributed by atoms with Crippen LogP contribution in [0.5, 0.6) is 0 Å². The normalized spacial score (nSPS) is 13.1. The van der Waals surface area contributed by atoms with Crippen molar-refractivity contribution in [1.29, 1.82) is 0 Å². The topological polar surface area (TPSA) is 12.0 Å². The van der Waals surface area contributed by atoms with Gasteiger partial charge in [-0.3, -0.25) is 0 Å². The molecular weight excluding hydrogens is 242 g/mol. The van der Waals surface area contributed by atoms with Crippen LogP contribution in [0, 0.1) is 12.8 Å². The quantitative estimate of drug-likeness (QED) is 0.756. The van der Waals surface area contributed by atoms with Crippen molar-refractivity contribution >= 4 is 10.8 Å². The Hall–Kier alpha value is -1.34. The molecule has 0 aliphatic rings. The molecule has 1 heteroatoms. The highest BCUT2D eigenvalue weighted by molar-refractivity contribution is 5.87. The Kier molecular flexibility index (Phi) is 5.19. The van der Waals surface area contributed by atoms with Gasteiger partial charge in [0, 0.05) is 6.04 Å². The van der Waals surface area contributed by atoms with E-state index in [0.717, 1.165) is 6.54 Å². The molecule has 0 amide bonds. The van der Waals surface area contributed by atoms with E-state index in [-0.39, 0.29) is 0 Å². The Morgan fingerprint density at radius 2 is 1.65 bits per heavy atom. The molecule has 0 bridgehead atoms. The van der Waals surface area contributed by atoms with Crippen LogP contribution in [0.1, 0.15) is 50.8 Å². The van der Waals surface area contributed by atoms with Gasteiger partial charge in [0.25, 0.3) is 0 Å². The van der Waals surface area contributed by atoms with Crippen molar-refractivity contribution < 1.29 is 0 Å². The lowest BCUT2D eigenvalue weighted by atomic mass is 9.84. The molecule has 2 rings (SSSR count). The minimum atomic E-state index is 0.459. The van der Waals surface area contributed by atoms with Crippen LogP contribution in [-0.4, -0.2) is 6.54 Å². The summed E-state index contributed by atoms with van der Waals surface area (Å²) in [5, 5.41) is 6.49. The Morgan fingerprint density at radius 3 is 2.30 bits per heavy atom. The van der Waals surface area contributed by atoms with Crippen LogP contribution in [0.25, 0.3) is 10.8 Å². The maximum atomic E-state index is 3.73. The zero-order valence-corrected chi connectivity index (χ0v) is 13.2. The summed E-state index contributed by atoms with van der Waals surface area (Å²) in [6.07, 6.45) is 2.44. The van der Waals surface area contributed by atoms with Crippen LogP contribution < -0.4 is 5.32 Å². The van der Waals surface area contributed by atoms with Crippen molar-refractivity contribution in [1.82, 2.24) is 5.32 Å². The van der Waals surface area contributed by atoms with E-state index in [4.69, 9.17) is 0 Å². The summed E-state index contributed by atoms with van der Waals surface area (Å²) >= 11 is 0. The van der Waals surface area contributed by atoms with Crippen molar-refractivity contribution in [2.45, 2.75) is 46.6 Å². The molecule has 0 saturated carbocycles. The van der Waals surface area contributed by atoms with Gasteiger partial charge in [-0.2, -0.15) is 0 Å². The second-order valence-corrected chi connectivity index (χ2v) is 5.63. The van der Waals surface area contributed by atoms with Gasteiger partial charge in [-0.15, -0.1) is 0 Å². The van der Waals surface area contributed by atoms with Gasteiger partial charge in [0.15, 0.2) is 0 Å². The second-order valence-electron chi connectivity index (χ2n) is 5.63. The van der Waals surface area contributed by atoms with E-state index in [9.17, 15) is 0 Å². The predicted octanol–water partition coefficient (Wildman–Crippen LogP) is 5.24. The number of rotatable bonds is 6. The van der Waals surface area contributed by atoms with Crippen LogP contribution in [0.3, 0.4) is 0 Å². The average molecular weight is 269 g/mol. The molecule has 0 aliphatic heterocycles. The lowest BCUT2D eigenvalue weighted by Gasteiger charge is -2.29. The van der Waals surface area contributed by atoms with Crippen LogP contribution in [0.4, 0.5) is 0 Å². The number of aryl methyl sites for hydroxylation is 1. The summed E-state index contributed by atoms with van der Waals surface area (Å²) < 4.78 is 0. The monoisotopic (exact) mass is 269 g/mol. The van der Waals surface area contributed by atoms with Crippen LogP contribution in [0.2, 0.25) is 0 Å². The molecule has 2 aromatic carbocycles. The number of hydrogen-bond acceptors (Lipinski definition) is 1. The van der Waals surface area contributed by atoms with Gasteiger partial charge in [0.05, 0.1) is 0 Å². The summed E-state index contributed by atoms with van der Waals surface area (Å²) in [6.45, 7) is 10.1. The van der Waals surface area contributed by atoms with E-state index in [1.807, 2.05) is 0 Å². The van der Waals surface area contributed by atoms with Gasteiger partial charge in [-0.25, -0.2) is 0 Å². The summed E-state index contributed by atoms with van der Waals surface area (Å²) in [7, 11) is 0. The largest absolute Gasteiger partial charge is 0.310 e. The third kappa shape index (κ3) is 2.88. The van der Waals surface area contributed by atoms with Gasteiger partial charge < -0.3 is 5.32 Å². The first kappa shape index (κ1) is 15.1. The summed E-state index contributed by atoms with van der Waals surface area (Å²) in [6, 6.07) is 13.7. The minimum Gasteiger partial charge on any atom is -0.310 e. The molecular formula is C19H27N. The first-order valence-corrected chi connectivity index (χ1v) is 7.94. The molecule has 0 aliphatic carbocycles. The summed E-state index contributed by atoms with van der Waals surface area (Å²) in [5.41, 5.74) is 2.90. The van der Waals surface area contributed by atoms with Crippen molar-refractivity contribution in [2.75, 3.05) is 6.54 Å². The van der Waals surface area contributed by atoms with E-state index >= 15 is 0 Å². The van der Waals surface area contributed by atoms with Crippen molar-refractivity contribution in [3.8, 4) is 0 Å². The van der Waals surface area contributed by atoms with E-state index in [1.54, 1.807) is 0 Å². The Balaban J connectivity index is 2.59. The molecule has 0 heterocycles. The van der Waals surface area contributed by atoms with Gasteiger partial charge in [-0.1, -0.05) is 70.0 Å². The van der Waals surface area contributed by atoms with E-state index in [1.165, 1.54) is 34.7 Å². The molecule has 2 aromatic rings. The Morgan fingerprint density at radius 1 is 0.950 bits per heavy atom. The lowest BCUT2D eigenvalue weighted by molar-refractivity contribution is 0.347. The molecule has 1 unspecified atom stereocenters. The minimum absolute atomic E-state index is 0.459. The van der Waals surface area contributed by atoms with Crippen LogP contribution in [0.15, 0.2) is 36.4 Å². The highest BCUT2D eigenvalue weighted by Gasteiger charge is 2.22. The van der Waals surface area contributed by atoms with E-state index in [0.29, 0.717) is 12.0 Å². The molecule has 0 radical (unpaired) electrons. The highest BCUT2D eigenvalue weighted by atomic mass is 14.9. The molecule has 0 saturated heterocycles. The molecule has 0 spiro atoms. The first-order valence-electron chi connectivity index (χ1n) is 7.94. The van der Waals surface area contributed by atoms with Crippen molar-refractivity contribution in [3.05, 3.63) is 47.5 Å². The third-order valence-corrected chi connectivity index (χ3v) is 4.44. The average Bonchev–Trinajstić information content (AvgIpc) is 2.48. The number of hydrogen-bond donors (Lipinski definition) is 1. The molecule has 1 N–H and O–H groups in total. The van der Waals surface area contributed by atoms with Crippen molar-refractivity contribution in [2.24, 2.45) is 5.92 Å². The molecule has 0 fully saturated rings. The zero-order chi connectivity index (χ0) is 14.5. The number of benzene rings is 2. The molecule has 1 atom stereocenters. The zero-order valence-electron chi connectivity index (χ0n) is 13.2. The van der Waals surface area contributed by atoms with Crippen molar-refractivity contribution in [3.63, 3.8) is 0 Å². The summed E-state index contributed by atoms with van der Waals surface area (Å²) in [5.74, 6) is 0.694. The fourth-order valence-electron chi connectivity index (χ4n) is 3.30. The Bertz CT molecular complexity index is 555. The van der Waals surface area contributed by atoms with Gasteiger partial charge >= 0.3 is 0 Å². The summed E-state index contributed by atoms with van der Waals surface area (Å²) in [4.78, 5) is 0. The van der Waals surface area contributed by atoms with Crippen LogP contribution in [-0.2, 0) is 0 Å². The van der Waals surface area contributed by atoms with E-state index in [2.05, 4.69) is 69.4 Å². The molecule has 0 aromatic heterocycles. The van der Waals surface area contributed by atoms with E-state index < -0.39 is 0 Å². The van der Waals surface area contributed by atoms with Gasteiger partial charge in [-0.05, 0) is 41.3 Å². The predicted molar refractivity (Wildman–Crippen MR) is 89.2 cm³/mol. The third-order valence-electron chi connectivity index (χ3n) is 4.44. The molecule has 1 nitrogen and oxygen atoms in total. The molecule has 20 heavy (non-hydrogen) atoms. The van der Waals surface area contributed by atoms with Gasteiger partial charge in [0.1, 0.15) is 0 Å². The second kappa shape index (κ2) is 6.90. The number of nitrogens with one attached hydrogen (secondary N) is 1. The maximum absolute atomic E-state index is 3.73. The first-order chi connectivity index (χ1) is 9.72. The fraction of sp³-hybridized carbons (Fsp3) is 0.474. The van der Waals surface area contributed by atoms with Gasteiger partial charge in [0.2, 0.25) is 0 Å². The highest BCUT2D eigenvalue weighted by Crippen LogP contribution is 2.34.